The Labute approximate surface area is 109 Å². The predicted octanol–water partition coefficient (Wildman–Crippen LogP) is 3.52. The fraction of sp³-hybridized carbons (Fsp3) is 0.0667. The summed E-state index contributed by atoms with van der Waals surface area (Å²) in [5.41, 5.74) is 1.28. The number of hydrogen-bond acceptors (Lipinski definition) is 4. The quantitative estimate of drug-likeness (QED) is 0.736. The molecule has 4 heteroatoms. The second-order valence-corrected chi connectivity index (χ2v) is 4.22. The van der Waals surface area contributed by atoms with Crippen LogP contribution < -0.4 is 4.74 Å². The lowest BCUT2D eigenvalue weighted by molar-refractivity contribution is 0.407. The maximum absolute atomic E-state index is 9.75. The molecule has 3 rings (SSSR count). The van der Waals surface area contributed by atoms with Crippen LogP contribution in [0.5, 0.6) is 17.2 Å². The van der Waals surface area contributed by atoms with Crippen LogP contribution in [0.3, 0.4) is 0 Å². The molecule has 0 saturated heterocycles. The van der Waals surface area contributed by atoms with Gasteiger partial charge >= 0.3 is 0 Å². The van der Waals surface area contributed by atoms with Gasteiger partial charge in [0.15, 0.2) is 0 Å². The summed E-state index contributed by atoms with van der Waals surface area (Å²) in [6, 6.07) is 11.7. The minimum atomic E-state index is 0.0963. The maximum atomic E-state index is 9.75. The average Bonchev–Trinajstić information content (AvgIpc) is 2.83. The molecule has 96 valence electrons. The van der Waals surface area contributed by atoms with Gasteiger partial charge in [-0.15, -0.1) is 0 Å². The molecule has 0 radical (unpaired) electrons. The van der Waals surface area contributed by atoms with E-state index in [0.29, 0.717) is 28.0 Å². The second-order valence-electron chi connectivity index (χ2n) is 4.22. The normalized spacial score (nSPS) is 10.8. The van der Waals surface area contributed by atoms with E-state index in [-0.39, 0.29) is 11.5 Å². The van der Waals surface area contributed by atoms with Crippen molar-refractivity contribution in [1.29, 1.82) is 0 Å². The third-order valence-electron chi connectivity index (χ3n) is 2.95. The number of phenols is 2. The molecule has 0 bridgehead atoms. The van der Waals surface area contributed by atoms with E-state index in [1.807, 2.05) is 0 Å². The number of methoxy groups -OCH3 is 1. The van der Waals surface area contributed by atoms with Gasteiger partial charge in [-0.05, 0) is 30.3 Å². The van der Waals surface area contributed by atoms with Crippen molar-refractivity contribution in [1.82, 2.24) is 0 Å². The van der Waals surface area contributed by atoms with Crippen LogP contribution in [-0.4, -0.2) is 17.3 Å². The lowest BCUT2D eigenvalue weighted by atomic mass is 10.1. The molecule has 0 aliphatic carbocycles. The minimum Gasteiger partial charge on any atom is -0.508 e. The molecule has 2 aromatic carbocycles. The Morgan fingerprint density at radius 1 is 1.05 bits per heavy atom. The Hall–Kier alpha value is -2.62. The summed E-state index contributed by atoms with van der Waals surface area (Å²) in [4.78, 5) is 0. The monoisotopic (exact) mass is 256 g/mol. The summed E-state index contributed by atoms with van der Waals surface area (Å²) >= 11 is 0. The topological polar surface area (TPSA) is 62.8 Å². The van der Waals surface area contributed by atoms with Gasteiger partial charge in [0.25, 0.3) is 0 Å². The van der Waals surface area contributed by atoms with Crippen molar-refractivity contribution in [2.45, 2.75) is 0 Å². The van der Waals surface area contributed by atoms with Crippen LogP contribution in [0, 0.1) is 0 Å². The Morgan fingerprint density at radius 3 is 2.63 bits per heavy atom. The van der Waals surface area contributed by atoms with Crippen molar-refractivity contribution in [3.05, 3.63) is 42.5 Å². The SMILES string of the molecule is COc1cc(O)cc(-c2cc3c(O)cccc3o2)c1. The molecule has 0 aliphatic rings. The molecule has 0 unspecified atom stereocenters. The minimum absolute atomic E-state index is 0.0963. The highest BCUT2D eigenvalue weighted by Gasteiger charge is 2.11. The summed E-state index contributed by atoms with van der Waals surface area (Å²) in [6.45, 7) is 0. The van der Waals surface area contributed by atoms with E-state index < -0.39 is 0 Å². The van der Waals surface area contributed by atoms with Gasteiger partial charge in [-0.3, -0.25) is 0 Å². The molecule has 1 aromatic heterocycles. The molecule has 1 heterocycles. The molecule has 0 aliphatic heterocycles. The fourth-order valence-electron chi connectivity index (χ4n) is 2.03. The number of phenolic OH excluding ortho intramolecular Hbond substituents is 2. The van der Waals surface area contributed by atoms with Crippen molar-refractivity contribution in [2.24, 2.45) is 0 Å². The third kappa shape index (κ3) is 1.97. The van der Waals surface area contributed by atoms with E-state index in [2.05, 4.69) is 0 Å². The standard InChI is InChI=1S/C15H12O4/c1-18-11-6-9(5-10(16)7-11)15-8-12-13(17)3-2-4-14(12)19-15/h2-8,16-17H,1H3. The summed E-state index contributed by atoms with van der Waals surface area (Å²) in [5.74, 6) is 1.36. The molecule has 0 saturated carbocycles. The van der Waals surface area contributed by atoms with Crippen LogP contribution in [0.4, 0.5) is 0 Å². The van der Waals surface area contributed by atoms with Crippen LogP contribution in [0.15, 0.2) is 46.9 Å². The fourth-order valence-corrected chi connectivity index (χ4v) is 2.03. The molecule has 4 nitrogen and oxygen atoms in total. The number of furan rings is 1. The Kier molecular flexibility index (Phi) is 2.56. The number of benzene rings is 2. The van der Waals surface area contributed by atoms with E-state index in [4.69, 9.17) is 9.15 Å². The van der Waals surface area contributed by atoms with Gasteiger partial charge in [-0.25, -0.2) is 0 Å². The van der Waals surface area contributed by atoms with Crippen LogP contribution >= 0.6 is 0 Å². The summed E-state index contributed by atoms with van der Waals surface area (Å²) < 4.78 is 10.8. The van der Waals surface area contributed by atoms with Gasteiger partial charge in [-0.2, -0.15) is 0 Å². The van der Waals surface area contributed by atoms with Crippen molar-refractivity contribution in [3.8, 4) is 28.6 Å². The largest absolute Gasteiger partial charge is 0.508 e. The molecule has 0 amide bonds. The van der Waals surface area contributed by atoms with Crippen molar-refractivity contribution < 1.29 is 19.4 Å². The molecule has 0 fully saturated rings. The van der Waals surface area contributed by atoms with Crippen LogP contribution in [-0.2, 0) is 0 Å². The van der Waals surface area contributed by atoms with Crippen molar-refractivity contribution >= 4 is 11.0 Å². The van der Waals surface area contributed by atoms with Crippen LogP contribution in [0.1, 0.15) is 0 Å². The third-order valence-corrected chi connectivity index (χ3v) is 2.95. The van der Waals surface area contributed by atoms with E-state index in [9.17, 15) is 10.2 Å². The molecule has 3 aromatic rings. The van der Waals surface area contributed by atoms with Crippen molar-refractivity contribution in [2.75, 3.05) is 7.11 Å². The molecular weight excluding hydrogens is 244 g/mol. The average molecular weight is 256 g/mol. The second kappa shape index (κ2) is 4.24. The van der Waals surface area contributed by atoms with Gasteiger partial charge in [0.05, 0.1) is 12.5 Å². The predicted molar refractivity (Wildman–Crippen MR) is 71.5 cm³/mol. The number of aromatic hydroxyl groups is 2. The van der Waals surface area contributed by atoms with E-state index in [0.717, 1.165) is 0 Å². The number of fused-ring (bicyclic) bond motifs is 1. The summed E-state index contributed by atoms with van der Waals surface area (Å²) in [7, 11) is 1.53. The first-order valence-corrected chi connectivity index (χ1v) is 5.77. The molecule has 19 heavy (non-hydrogen) atoms. The van der Waals surface area contributed by atoms with Crippen LogP contribution in [0.25, 0.3) is 22.3 Å². The van der Waals surface area contributed by atoms with Gasteiger partial charge in [0, 0.05) is 11.6 Å². The zero-order valence-corrected chi connectivity index (χ0v) is 10.3. The Balaban J connectivity index is 2.19. The van der Waals surface area contributed by atoms with Gasteiger partial charge in [0.2, 0.25) is 0 Å². The van der Waals surface area contributed by atoms with Crippen LogP contribution in [0.2, 0.25) is 0 Å². The molecule has 0 spiro atoms. The first-order chi connectivity index (χ1) is 9.17. The summed E-state index contributed by atoms with van der Waals surface area (Å²) in [6.07, 6.45) is 0. The van der Waals surface area contributed by atoms with Crippen molar-refractivity contribution in [3.63, 3.8) is 0 Å². The first kappa shape index (κ1) is 11.5. The number of ether oxygens (including phenoxy) is 1. The molecule has 0 atom stereocenters. The Morgan fingerprint density at radius 2 is 1.89 bits per heavy atom. The Bertz CT molecular complexity index is 743. The molecule has 2 N–H and O–H groups in total. The highest BCUT2D eigenvalue weighted by Crippen LogP contribution is 2.35. The number of hydrogen-bond donors (Lipinski definition) is 2. The lowest BCUT2D eigenvalue weighted by Gasteiger charge is -2.03. The van der Waals surface area contributed by atoms with E-state index in [1.54, 1.807) is 36.4 Å². The summed E-state index contributed by atoms with van der Waals surface area (Å²) in [5, 5.41) is 20.0. The van der Waals surface area contributed by atoms with E-state index in [1.165, 1.54) is 13.2 Å². The smallest absolute Gasteiger partial charge is 0.138 e. The highest BCUT2D eigenvalue weighted by molar-refractivity contribution is 5.88. The van der Waals surface area contributed by atoms with Gasteiger partial charge in [0.1, 0.15) is 28.6 Å². The van der Waals surface area contributed by atoms with Gasteiger partial charge < -0.3 is 19.4 Å². The first-order valence-electron chi connectivity index (χ1n) is 5.77. The highest BCUT2D eigenvalue weighted by atomic mass is 16.5. The number of rotatable bonds is 2. The van der Waals surface area contributed by atoms with Gasteiger partial charge in [-0.1, -0.05) is 6.07 Å². The zero-order valence-electron chi connectivity index (χ0n) is 10.3. The van der Waals surface area contributed by atoms with E-state index >= 15 is 0 Å². The zero-order chi connectivity index (χ0) is 13.4. The molecular formula is C15H12O4. The maximum Gasteiger partial charge on any atom is 0.138 e. The lowest BCUT2D eigenvalue weighted by Crippen LogP contribution is -1.83.